The molecule has 1 aliphatic heterocycles. The van der Waals surface area contributed by atoms with Crippen molar-refractivity contribution >= 4 is 0 Å². The maximum absolute atomic E-state index is 10.1. The van der Waals surface area contributed by atoms with Crippen LogP contribution in [0.15, 0.2) is 24.3 Å². The monoisotopic (exact) mass is 195 g/mol. The maximum Gasteiger partial charge on any atom is 0.294 e. The molecule has 0 aliphatic carbocycles. The molecule has 5 heteroatoms. The smallest absolute Gasteiger partial charge is 0.294 e. The van der Waals surface area contributed by atoms with Crippen LogP contribution in [0, 0.1) is 10.1 Å². The van der Waals surface area contributed by atoms with E-state index in [9.17, 15) is 10.1 Å². The number of benzene rings is 1. The molecule has 1 aromatic carbocycles. The highest BCUT2D eigenvalue weighted by Crippen LogP contribution is 2.24. The summed E-state index contributed by atoms with van der Waals surface area (Å²) >= 11 is 0. The summed E-state index contributed by atoms with van der Waals surface area (Å²) in [6, 6.07) is 7.47. The highest BCUT2D eigenvalue weighted by atomic mass is 17.0. The zero-order chi connectivity index (χ0) is 9.97. The van der Waals surface area contributed by atoms with Gasteiger partial charge in [-0.3, -0.25) is 0 Å². The van der Waals surface area contributed by atoms with E-state index in [0.717, 1.165) is 11.3 Å². The van der Waals surface area contributed by atoms with Crippen LogP contribution in [0.5, 0.6) is 5.75 Å². The van der Waals surface area contributed by atoms with Crippen molar-refractivity contribution in [1.82, 2.24) is 0 Å². The average Bonchev–Trinajstić information content (AvgIpc) is 2.17. The van der Waals surface area contributed by atoms with E-state index in [-0.39, 0.29) is 6.61 Å². The third-order valence-corrected chi connectivity index (χ3v) is 2.08. The predicted molar refractivity (Wildman–Crippen MR) is 47.5 cm³/mol. The van der Waals surface area contributed by atoms with E-state index in [4.69, 9.17) is 4.74 Å². The van der Waals surface area contributed by atoms with Crippen LogP contribution in [-0.4, -0.2) is 17.8 Å². The summed E-state index contributed by atoms with van der Waals surface area (Å²) in [6.45, 7) is 0.234. The molecule has 0 bridgehead atoms. The summed E-state index contributed by atoms with van der Waals surface area (Å²) < 4.78 is 5.31. The summed E-state index contributed by atoms with van der Waals surface area (Å²) in [7, 11) is 0. The molecule has 0 saturated heterocycles. The zero-order valence-corrected chi connectivity index (χ0v) is 7.38. The Morgan fingerprint density at radius 1 is 1.50 bits per heavy atom. The fourth-order valence-electron chi connectivity index (χ4n) is 1.49. The van der Waals surface area contributed by atoms with Crippen molar-refractivity contribution in [1.29, 1.82) is 0 Å². The summed E-state index contributed by atoms with van der Waals surface area (Å²) in [6.07, 6.45) is 0.0387. The molecular weight excluding hydrogens is 186 g/mol. The van der Waals surface area contributed by atoms with Gasteiger partial charge in [-0.1, -0.05) is 18.2 Å². The Labute approximate surface area is 80.4 Å². The number of rotatable bonds is 2. The van der Waals surface area contributed by atoms with Crippen LogP contribution in [0.1, 0.15) is 5.56 Å². The Hall–Kier alpha value is -1.78. The van der Waals surface area contributed by atoms with Crippen molar-refractivity contribution in [2.45, 2.75) is 12.5 Å². The third-order valence-electron chi connectivity index (χ3n) is 2.08. The first kappa shape index (κ1) is 8.80. The van der Waals surface area contributed by atoms with Crippen molar-refractivity contribution < 1.29 is 14.7 Å². The van der Waals surface area contributed by atoms with E-state index in [2.05, 4.69) is 4.84 Å². The lowest BCUT2D eigenvalue weighted by Gasteiger charge is -2.23. The van der Waals surface area contributed by atoms with Crippen molar-refractivity contribution in [3.8, 4) is 5.75 Å². The number of hydrogen-bond acceptors (Lipinski definition) is 4. The molecule has 0 amide bonds. The highest BCUT2D eigenvalue weighted by Gasteiger charge is 2.22. The molecule has 1 aliphatic rings. The molecule has 0 aromatic heterocycles. The largest absolute Gasteiger partial charge is 0.491 e. The second-order valence-corrected chi connectivity index (χ2v) is 3.07. The Morgan fingerprint density at radius 2 is 2.29 bits per heavy atom. The Kier molecular flexibility index (Phi) is 2.22. The second-order valence-electron chi connectivity index (χ2n) is 3.07. The second kappa shape index (κ2) is 3.53. The Balaban J connectivity index is 2.09. The van der Waals surface area contributed by atoms with Gasteiger partial charge in [0.1, 0.15) is 18.5 Å². The van der Waals surface area contributed by atoms with Crippen molar-refractivity contribution in [2.75, 3.05) is 6.61 Å². The fourth-order valence-corrected chi connectivity index (χ4v) is 1.49. The van der Waals surface area contributed by atoms with Crippen LogP contribution in [0.3, 0.4) is 0 Å². The molecule has 0 radical (unpaired) electrons. The third kappa shape index (κ3) is 1.76. The van der Waals surface area contributed by atoms with E-state index >= 15 is 0 Å². The normalized spacial score (nSPS) is 19.3. The van der Waals surface area contributed by atoms with Crippen LogP contribution in [0.25, 0.3) is 0 Å². The maximum atomic E-state index is 10.1. The van der Waals surface area contributed by atoms with Gasteiger partial charge in [0, 0.05) is 6.42 Å². The number of para-hydroxylation sites is 1. The minimum absolute atomic E-state index is 0.234. The first-order chi connectivity index (χ1) is 6.75. The van der Waals surface area contributed by atoms with Crippen molar-refractivity contribution in [3.05, 3.63) is 39.9 Å². The van der Waals surface area contributed by atoms with Gasteiger partial charge in [-0.25, -0.2) is 0 Å². The Morgan fingerprint density at radius 3 is 3.07 bits per heavy atom. The first-order valence-corrected chi connectivity index (χ1v) is 4.27. The molecular formula is C9H9NO4. The van der Waals surface area contributed by atoms with Crippen LogP contribution >= 0.6 is 0 Å². The van der Waals surface area contributed by atoms with E-state index in [0.29, 0.717) is 6.42 Å². The first-order valence-electron chi connectivity index (χ1n) is 4.27. The molecule has 0 N–H and O–H groups in total. The van der Waals surface area contributed by atoms with Crippen LogP contribution in [-0.2, 0) is 11.3 Å². The molecule has 0 saturated carbocycles. The summed E-state index contributed by atoms with van der Waals surface area (Å²) in [5.41, 5.74) is 0.950. The molecule has 1 unspecified atom stereocenters. The van der Waals surface area contributed by atoms with E-state index < -0.39 is 11.2 Å². The topological polar surface area (TPSA) is 61.6 Å². The van der Waals surface area contributed by atoms with E-state index in [1.54, 1.807) is 0 Å². The van der Waals surface area contributed by atoms with Gasteiger partial charge in [0.2, 0.25) is 0 Å². The summed E-state index contributed by atoms with van der Waals surface area (Å²) in [4.78, 5) is 14.6. The molecule has 1 aromatic rings. The minimum Gasteiger partial charge on any atom is -0.491 e. The van der Waals surface area contributed by atoms with Gasteiger partial charge in [-0.15, -0.1) is 10.1 Å². The van der Waals surface area contributed by atoms with Gasteiger partial charge in [-0.05, 0) is 11.6 Å². The quantitative estimate of drug-likeness (QED) is 0.525. The SMILES string of the molecule is O=[N+]([O-])OC1COc2ccccc2C1. The lowest BCUT2D eigenvalue weighted by atomic mass is 10.1. The molecule has 1 atom stereocenters. The van der Waals surface area contributed by atoms with Gasteiger partial charge >= 0.3 is 0 Å². The fraction of sp³-hybridized carbons (Fsp3) is 0.333. The zero-order valence-electron chi connectivity index (χ0n) is 7.38. The molecule has 5 nitrogen and oxygen atoms in total. The standard InChI is InChI=1S/C9H9NO4/c11-10(12)14-8-5-7-3-1-2-4-9(7)13-6-8/h1-4,8H,5-6H2. The Bertz CT molecular complexity index is 352. The van der Waals surface area contributed by atoms with E-state index in [1.165, 1.54) is 0 Å². The van der Waals surface area contributed by atoms with Gasteiger partial charge < -0.3 is 9.57 Å². The number of nitrogens with zero attached hydrogens (tertiary/aromatic N) is 1. The minimum atomic E-state index is -0.776. The van der Waals surface area contributed by atoms with Crippen LogP contribution < -0.4 is 4.74 Å². The van der Waals surface area contributed by atoms with Gasteiger partial charge in [0.05, 0.1) is 0 Å². The molecule has 0 fully saturated rings. The van der Waals surface area contributed by atoms with Crippen molar-refractivity contribution in [2.24, 2.45) is 0 Å². The van der Waals surface area contributed by atoms with Gasteiger partial charge in [-0.2, -0.15) is 0 Å². The van der Waals surface area contributed by atoms with Gasteiger partial charge in [0.25, 0.3) is 5.09 Å². The van der Waals surface area contributed by atoms with Crippen LogP contribution in [0.2, 0.25) is 0 Å². The van der Waals surface area contributed by atoms with Crippen LogP contribution in [0.4, 0.5) is 0 Å². The van der Waals surface area contributed by atoms with Crippen molar-refractivity contribution in [3.63, 3.8) is 0 Å². The lowest BCUT2D eigenvalue weighted by Crippen LogP contribution is -2.30. The average molecular weight is 195 g/mol. The van der Waals surface area contributed by atoms with Gasteiger partial charge in [0.15, 0.2) is 0 Å². The lowest BCUT2D eigenvalue weighted by molar-refractivity contribution is -0.769. The molecule has 2 rings (SSSR count). The molecule has 74 valence electrons. The number of ether oxygens (including phenoxy) is 1. The van der Waals surface area contributed by atoms with E-state index in [1.807, 2.05) is 24.3 Å². The predicted octanol–water partition coefficient (Wildman–Crippen LogP) is 1.20. The summed E-state index contributed by atoms with van der Waals surface area (Å²) in [5, 5.41) is 9.33. The number of fused-ring (bicyclic) bond motifs is 1. The number of hydrogen-bond donors (Lipinski definition) is 0. The summed E-state index contributed by atoms with van der Waals surface area (Å²) in [5.74, 6) is 0.788. The molecule has 0 spiro atoms. The molecule has 14 heavy (non-hydrogen) atoms. The highest BCUT2D eigenvalue weighted by molar-refractivity contribution is 5.35. The molecule has 1 heterocycles.